The van der Waals surface area contributed by atoms with Crippen molar-refractivity contribution < 1.29 is 17.5 Å². The van der Waals surface area contributed by atoms with Crippen molar-refractivity contribution in [3.8, 4) is 5.75 Å². The number of ether oxygens (including phenoxy) is 1. The molecule has 1 saturated heterocycles. The van der Waals surface area contributed by atoms with E-state index in [0.717, 1.165) is 11.3 Å². The molecule has 27 heavy (non-hydrogen) atoms. The van der Waals surface area contributed by atoms with Crippen LogP contribution in [0.1, 0.15) is 24.1 Å². The van der Waals surface area contributed by atoms with Crippen LogP contribution in [0.5, 0.6) is 5.75 Å². The maximum absolute atomic E-state index is 13.7. The summed E-state index contributed by atoms with van der Waals surface area (Å²) in [5.74, 6) is 0.382. The van der Waals surface area contributed by atoms with Crippen molar-refractivity contribution in [2.75, 3.05) is 19.6 Å². The van der Waals surface area contributed by atoms with Gasteiger partial charge in [-0.2, -0.15) is 4.31 Å². The summed E-state index contributed by atoms with van der Waals surface area (Å²) in [5.41, 5.74) is 1.56. The van der Waals surface area contributed by atoms with Gasteiger partial charge in [0.1, 0.15) is 17.7 Å². The monoisotopic (exact) mass is 412 g/mol. The van der Waals surface area contributed by atoms with Crippen molar-refractivity contribution in [1.29, 1.82) is 0 Å². The molecule has 1 fully saturated rings. The van der Waals surface area contributed by atoms with Gasteiger partial charge in [0.05, 0.1) is 10.9 Å². The van der Waals surface area contributed by atoms with E-state index < -0.39 is 16.1 Å². The fourth-order valence-electron chi connectivity index (χ4n) is 3.67. The van der Waals surface area contributed by atoms with Gasteiger partial charge < -0.3 is 10.1 Å². The SMILES string of the molecule is CC1Cc2cc(S(=O)(=O)N3CCNCC3c3cccc(F)c3)ccc2O1.Cl. The molecule has 0 amide bonds. The molecule has 2 aromatic rings. The van der Waals surface area contributed by atoms with E-state index in [1.54, 1.807) is 30.3 Å². The lowest BCUT2D eigenvalue weighted by molar-refractivity contribution is 0.254. The van der Waals surface area contributed by atoms with E-state index in [9.17, 15) is 12.8 Å². The predicted octanol–water partition coefficient (Wildman–Crippen LogP) is 2.91. The number of piperazine rings is 1. The van der Waals surface area contributed by atoms with E-state index in [0.29, 0.717) is 31.6 Å². The highest BCUT2D eigenvalue weighted by Gasteiger charge is 2.35. The second-order valence-electron chi connectivity index (χ2n) is 6.79. The van der Waals surface area contributed by atoms with E-state index in [4.69, 9.17) is 4.74 Å². The number of hydrogen-bond donors (Lipinski definition) is 1. The maximum atomic E-state index is 13.7. The van der Waals surface area contributed by atoms with Gasteiger partial charge in [0.15, 0.2) is 0 Å². The first-order chi connectivity index (χ1) is 12.4. The van der Waals surface area contributed by atoms with Crippen molar-refractivity contribution in [1.82, 2.24) is 9.62 Å². The molecule has 5 nitrogen and oxygen atoms in total. The van der Waals surface area contributed by atoms with Crippen LogP contribution in [0.25, 0.3) is 0 Å². The minimum Gasteiger partial charge on any atom is -0.490 e. The molecule has 146 valence electrons. The second-order valence-corrected chi connectivity index (χ2v) is 8.68. The molecule has 0 spiro atoms. The molecule has 0 bridgehead atoms. The molecule has 2 aliphatic heterocycles. The maximum Gasteiger partial charge on any atom is 0.243 e. The van der Waals surface area contributed by atoms with Crippen LogP contribution in [0.2, 0.25) is 0 Å². The van der Waals surface area contributed by atoms with E-state index in [2.05, 4.69) is 5.32 Å². The van der Waals surface area contributed by atoms with Crippen LogP contribution in [-0.2, 0) is 16.4 Å². The van der Waals surface area contributed by atoms with E-state index in [1.807, 2.05) is 6.92 Å². The smallest absolute Gasteiger partial charge is 0.243 e. The molecule has 0 aliphatic carbocycles. The fraction of sp³-hybridized carbons (Fsp3) is 0.368. The summed E-state index contributed by atoms with van der Waals surface area (Å²) in [4.78, 5) is 0.261. The van der Waals surface area contributed by atoms with Crippen molar-refractivity contribution in [3.05, 3.63) is 59.4 Å². The van der Waals surface area contributed by atoms with E-state index >= 15 is 0 Å². The summed E-state index contributed by atoms with van der Waals surface area (Å²) in [5, 5.41) is 3.21. The Morgan fingerprint density at radius 3 is 2.81 bits per heavy atom. The molecule has 2 atom stereocenters. The van der Waals surface area contributed by atoms with Crippen LogP contribution >= 0.6 is 12.4 Å². The Bertz CT molecular complexity index is 938. The highest BCUT2D eigenvalue weighted by Crippen LogP contribution is 2.34. The number of nitrogens with zero attached hydrogens (tertiary/aromatic N) is 1. The number of rotatable bonds is 3. The van der Waals surface area contributed by atoms with E-state index in [1.165, 1.54) is 16.4 Å². The number of nitrogens with one attached hydrogen (secondary N) is 1. The van der Waals surface area contributed by atoms with Crippen LogP contribution in [0.15, 0.2) is 47.4 Å². The van der Waals surface area contributed by atoms with Gasteiger partial charge in [-0.1, -0.05) is 12.1 Å². The molecule has 0 radical (unpaired) electrons. The molecule has 0 aromatic heterocycles. The van der Waals surface area contributed by atoms with Gasteiger partial charge in [0.25, 0.3) is 0 Å². The van der Waals surface area contributed by atoms with Gasteiger partial charge in [-0.05, 0) is 48.4 Å². The average Bonchev–Trinajstić information content (AvgIpc) is 3.01. The van der Waals surface area contributed by atoms with Gasteiger partial charge in [-0.25, -0.2) is 12.8 Å². The Kier molecular flexibility index (Phi) is 5.76. The van der Waals surface area contributed by atoms with Crippen molar-refractivity contribution in [2.24, 2.45) is 0 Å². The van der Waals surface area contributed by atoms with Crippen LogP contribution in [-0.4, -0.2) is 38.5 Å². The van der Waals surface area contributed by atoms with Crippen molar-refractivity contribution in [2.45, 2.75) is 30.4 Å². The van der Waals surface area contributed by atoms with Crippen LogP contribution in [0.4, 0.5) is 4.39 Å². The number of fused-ring (bicyclic) bond motifs is 1. The number of halogens is 2. The minimum absolute atomic E-state index is 0. The van der Waals surface area contributed by atoms with Gasteiger partial charge in [0.2, 0.25) is 10.0 Å². The first-order valence-corrected chi connectivity index (χ1v) is 10.2. The van der Waals surface area contributed by atoms with Crippen LogP contribution in [0, 0.1) is 5.82 Å². The zero-order valence-corrected chi connectivity index (χ0v) is 16.5. The largest absolute Gasteiger partial charge is 0.490 e. The van der Waals surface area contributed by atoms with Gasteiger partial charge in [-0.3, -0.25) is 0 Å². The molecule has 2 heterocycles. The Morgan fingerprint density at radius 2 is 2.04 bits per heavy atom. The highest BCUT2D eigenvalue weighted by atomic mass is 35.5. The Labute approximate surface area is 165 Å². The van der Waals surface area contributed by atoms with Gasteiger partial charge in [-0.15, -0.1) is 12.4 Å². The van der Waals surface area contributed by atoms with Crippen LogP contribution < -0.4 is 10.1 Å². The summed E-state index contributed by atoms with van der Waals surface area (Å²) in [6.45, 7) is 3.32. The van der Waals surface area contributed by atoms with Gasteiger partial charge >= 0.3 is 0 Å². The summed E-state index contributed by atoms with van der Waals surface area (Å²) in [6.07, 6.45) is 0.760. The zero-order valence-electron chi connectivity index (χ0n) is 14.9. The summed E-state index contributed by atoms with van der Waals surface area (Å²) >= 11 is 0. The lowest BCUT2D eigenvalue weighted by Crippen LogP contribution is -2.48. The molecule has 2 aliphatic rings. The average molecular weight is 413 g/mol. The minimum atomic E-state index is -3.70. The molecule has 1 N–H and O–H groups in total. The molecule has 0 saturated carbocycles. The Hall–Kier alpha value is -1.67. The van der Waals surface area contributed by atoms with Crippen molar-refractivity contribution in [3.63, 3.8) is 0 Å². The van der Waals surface area contributed by atoms with Gasteiger partial charge in [0, 0.05) is 26.1 Å². The van der Waals surface area contributed by atoms with E-state index in [-0.39, 0.29) is 29.2 Å². The van der Waals surface area contributed by atoms with Crippen molar-refractivity contribution >= 4 is 22.4 Å². The molecule has 8 heteroatoms. The second kappa shape index (κ2) is 7.75. The fourth-order valence-corrected chi connectivity index (χ4v) is 5.33. The normalized spacial score (nSPS) is 22.6. The number of hydrogen-bond acceptors (Lipinski definition) is 4. The summed E-state index contributed by atoms with van der Waals surface area (Å²) < 4.78 is 47.4. The third kappa shape index (κ3) is 3.82. The third-order valence-corrected chi connectivity index (χ3v) is 6.81. The zero-order chi connectivity index (χ0) is 18.3. The molecule has 4 rings (SSSR count). The van der Waals surface area contributed by atoms with Crippen LogP contribution in [0.3, 0.4) is 0 Å². The molecule has 2 unspecified atom stereocenters. The number of benzene rings is 2. The Morgan fingerprint density at radius 1 is 1.22 bits per heavy atom. The quantitative estimate of drug-likeness (QED) is 0.842. The summed E-state index contributed by atoms with van der Waals surface area (Å²) in [6, 6.07) is 10.7. The molecular formula is C19H22ClFN2O3S. The molecule has 2 aromatic carbocycles. The lowest BCUT2D eigenvalue weighted by Gasteiger charge is -2.35. The standard InChI is InChI=1S/C19H21FN2O3S.ClH/c1-13-9-15-11-17(5-6-19(15)25-13)26(23,24)22-8-7-21-12-18(22)14-3-2-4-16(20)10-14;/h2-6,10-11,13,18,21H,7-9,12H2,1H3;1H. The number of sulfonamides is 1. The Balaban J connectivity index is 0.00000210. The first kappa shape index (κ1) is 20.1. The highest BCUT2D eigenvalue weighted by molar-refractivity contribution is 7.89. The lowest BCUT2D eigenvalue weighted by atomic mass is 10.1. The topological polar surface area (TPSA) is 58.6 Å². The molecular weight excluding hydrogens is 391 g/mol. The third-order valence-electron chi connectivity index (χ3n) is 4.90. The predicted molar refractivity (Wildman–Crippen MR) is 103 cm³/mol. The first-order valence-electron chi connectivity index (χ1n) is 8.73. The summed E-state index contributed by atoms with van der Waals surface area (Å²) in [7, 11) is -3.70.